The standard InChI is InChI=1S/C14H18N4O2/c1-10-13(16-9-17-14(10)19-2)18-11-4-3-5-12(8-11)20-7-6-15/h3-5,8-9H,6-7,15H2,1-2H3,(H,16,17,18). The Bertz CT molecular complexity index is 575. The van der Waals surface area contributed by atoms with Gasteiger partial charge in [-0.25, -0.2) is 9.97 Å². The number of nitrogens with zero attached hydrogens (tertiary/aromatic N) is 2. The predicted molar refractivity (Wildman–Crippen MR) is 77.6 cm³/mol. The molecule has 6 nitrogen and oxygen atoms in total. The van der Waals surface area contributed by atoms with Gasteiger partial charge >= 0.3 is 0 Å². The maximum Gasteiger partial charge on any atom is 0.221 e. The minimum atomic E-state index is 0.486. The van der Waals surface area contributed by atoms with Crippen molar-refractivity contribution in [2.75, 3.05) is 25.6 Å². The van der Waals surface area contributed by atoms with Crippen molar-refractivity contribution in [1.82, 2.24) is 9.97 Å². The van der Waals surface area contributed by atoms with Gasteiger partial charge in [0.2, 0.25) is 5.88 Å². The Morgan fingerprint density at radius 3 is 2.90 bits per heavy atom. The van der Waals surface area contributed by atoms with Crippen LogP contribution in [0.15, 0.2) is 30.6 Å². The Labute approximate surface area is 118 Å². The van der Waals surface area contributed by atoms with E-state index in [4.69, 9.17) is 15.2 Å². The highest BCUT2D eigenvalue weighted by Crippen LogP contribution is 2.25. The zero-order valence-corrected chi connectivity index (χ0v) is 11.6. The van der Waals surface area contributed by atoms with Gasteiger partial charge in [-0.3, -0.25) is 0 Å². The molecule has 1 heterocycles. The molecule has 1 aromatic carbocycles. The Hall–Kier alpha value is -2.34. The molecule has 0 amide bonds. The van der Waals surface area contributed by atoms with Gasteiger partial charge in [-0.2, -0.15) is 0 Å². The second-order valence-electron chi connectivity index (χ2n) is 4.15. The summed E-state index contributed by atoms with van der Waals surface area (Å²) in [5, 5.41) is 3.22. The van der Waals surface area contributed by atoms with Crippen molar-refractivity contribution >= 4 is 11.5 Å². The second-order valence-corrected chi connectivity index (χ2v) is 4.15. The molecule has 2 aromatic rings. The van der Waals surface area contributed by atoms with E-state index in [-0.39, 0.29) is 0 Å². The monoisotopic (exact) mass is 274 g/mol. The average Bonchev–Trinajstić information content (AvgIpc) is 2.48. The summed E-state index contributed by atoms with van der Waals surface area (Å²) in [5.74, 6) is 2.02. The van der Waals surface area contributed by atoms with Gasteiger partial charge in [0, 0.05) is 18.3 Å². The van der Waals surface area contributed by atoms with Gasteiger partial charge in [0.15, 0.2) is 0 Å². The maximum atomic E-state index is 5.49. The van der Waals surface area contributed by atoms with Crippen LogP contribution in [0, 0.1) is 6.92 Å². The van der Waals surface area contributed by atoms with E-state index in [1.54, 1.807) is 7.11 Å². The summed E-state index contributed by atoms with van der Waals surface area (Å²) in [4.78, 5) is 8.26. The van der Waals surface area contributed by atoms with Crippen LogP contribution in [0.5, 0.6) is 11.6 Å². The summed E-state index contributed by atoms with van der Waals surface area (Å²) < 4.78 is 10.7. The molecule has 0 aliphatic heterocycles. The molecule has 0 atom stereocenters. The summed E-state index contributed by atoms with van der Waals surface area (Å²) in [5.41, 5.74) is 7.15. The Balaban J connectivity index is 2.17. The lowest BCUT2D eigenvalue weighted by atomic mass is 10.2. The number of aromatic nitrogens is 2. The zero-order valence-electron chi connectivity index (χ0n) is 11.6. The van der Waals surface area contributed by atoms with E-state index in [0.29, 0.717) is 24.8 Å². The highest BCUT2D eigenvalue weighted by Gasteiger charge is 2.07. The molecule has 0 saturated carbocycles. The van der Waals surface area contributed by atoms with Crippen molar-refractivity contribution in [3.05, 3.63) is 36.2 Å². The molecule has 0 aliphatic carbocycles. The maximum absolute atomic E-state index is 5.49. The molecule has 0 fully saturated rings. The first kappa shape index (κ1) is 14.1. The van der Waals surface area contributed by atoms with Crippen molar-refractivity contribution in [3.8, 4) is 11.6 Å². The molecule has 2 rings (SSSR count). The van der Waals surface area contributed by atoms with E-state index in [2.05, 4.69) is 15.3 Å². The van der Waals surface area contributed by atoms with Gasteiger partial charge in [0.1, 0.15) is 24.5 Å². The fourth-order valence-corrected chi connectivity index (χ4v) is 1.74. The number of hydrogen-bond acceptors (Lipinski definition) is 6. The molecule has 106 valence electrons. The van der Waals surface area contributed by atoms with Crippen LogP contribution in [0.25, 0.3) is 0 Å². The fourth-order valence-electron chi connectivity index (χ4n) is 1.74. The summed E-state index contributed by atoms with van der Waals surface area (Å²) in [6, 6.07) is 7.61. The number of nitrogens with one attached hydrogen (secondary N) is 1. The van der Waals surface area contributed by atoms with E-state index in [1.165, 1.54) is 6.33 Å². The molecule has 0 unspecified atom stereocenters. The average molecular weight is 274 g/mol. The number of anilines is 2. The van der Waals surface area contributed by atoms with E-state index in [9.17, 15) is 0 Å². The van der Waals surface area contributed by atoms with Crippen molar-refractivity contribution in [2.24, 2.45) is 5.73 Å². The molecule has 0 aliphatic rings. The first-order chi connectivity index (χ1) is 9.74. The zero-order chi connectivity index (χ0) is 14.4. The normalized spacial score (nSPS) is 10.2. The van der Waals surface area contributed by atoms with Crippen molar-refractivity contribution in [2.45, 2.75) is 6.92 Å². The number of methoxy groups -OCH3 is 1. The van der Waals surface area contributed by atoms with Crippen molar-refractivity contribution < 1.29 is 9.47 Å². The lowest BCUT2D eigenvalue weighted by molar-refractivity contribution is 0.328. The van der Waals surface area contributed by atoms with Crippen molar-refractivity contribution in [1.29, 1.82) is 0 Å². The Kier molecular flexibility index (Phi) is 4.73. The van der Waals surface area contributed by atoms with Gasteiger partial charge < -0.3 is 20.5 Å². The SMILES string of the molecule is COc1ncnc(Nc2cccc(OCCN)c2)c1C. The van der Waals surface area contributed by atoms with Crippen LogP contribution < -0.4 is 20.5 Å². The molecular formula is C14H18N4O2. The highest BCUT2D eigenvalue weighted by molar-refractivity contribution is 5.61. The molecule has 0 spiro atoms. The molecule has 6 heteroatoms. The Morgan fingerprint density at radius 2 is 2.15 bits per heavy atom. The van der Waals surface area contributed by atoms with Crippen LogP contribution in [0.1, 0.15) is 5.56 Å². The molecule has 3 N–H and O–H groups in total. The minimum absolute atomic E-state index is 0.486. The van der Waals surface area contributed by atoms with Gasteiger partial charge in [0.25, 0.3) is 0 Å². The Morgan fingerprint density at radius 1 is 1.30 bits per heavy atom. The number of ether oxygens (including phenoxy) is 2. The number of hydrogen-bond donors (Lipinski definition) is 2. The summed E-state index contributed by atoms with van der Waals surface area (Å²) >= 11 is 0. The third kappa shape index (κ3) is 3.36. The van der Waals surface area contributed by atoms with Crippen LogP contribution in [0.4, 0.5) is 11.5 Å². The van der Waals surface area contributed by atoms with E-state index in [1.807, 2.05) is 31.2 Å². The van der Waals surface area contributed by atoms with Crippen LogP contribution in [0.2, 0.25) is 0 Å². The first-order valence-corrected chi connectivity index (χ1v) is 6.30. The van der Waals surface area contributed by atoms with Crippen LogP contribution in [-0.4, -0.2) is 30.2 Å². The second kappa shape index (κ2) is 6.72. The predicted octanol–water partition coefficient (Wildman–Crippen LogP) is 1.87. The summed E-state index contributed by atoms with van der Waals surface area (Å²) in [6.07, 6.45) is 1.46. The molecule has 20 heavy (non-hydrogen) atoms. The topological polar surface area (TPSA) is 82.3 Å². The van der Waals surface area contributed by atoms with Gasteiger partial charge in [0.05, 0.1) is 12.7 Å². The van der Waals surface area contributed by atoms with E-state index in [0.717, 1.165) is 17.0 Å². The number of nitrogens with two attached hydrogens (primary N) is 1. The lowest BCUT2D eigenvalue weighted by Crippen LogP contribution is -2.10. The third-order valence-corrected chi connectivity index (χ3v) is 2.71. The van der Waals surface area contributed by atoms with E-state index >= 15 is 0 Å². The van der Waals surface area contributed by atoms with Crippen LogP contribution in [-0.2, 0) is 0 Å². The molecule has 0 bridgehead atoms. The summed E-state index contributed by atoms with van der Waals surface area (Å²) in [6.45, 7) is 2.87. The minimum Gasteiger partial charge on any atom is -0.492 e. The highest BCUT2D eigenvalue weighted by atomic mass is 16.5. The van der Waals surface area contributed by atoms with Gasteiger partial charge in [-0.15, -0.1) is 0 Å². The fraction of sp³-hybridized carbons (Fsp3) is 0.286. The quantitative estimate of drug-likeness (QED) is 0.837. The smallest absolute Gasteiger partial charge is 0.221 e. The lowest BCUT2D eigenvalue weighted by Gasteiger charge is -2.11. The third-order valence-electron chi connectivity index (χ3n) is 2.71. The molecule has 1 aromatic heterocycles. The molecule has 0 saturated heterocycles. The van der Waals surface area contributed by atoms with Gasteiger partial charge in [-0.05, 0) is 19.1 Å². The number of rotatable bonds is 6. The van der Waals surface area contributed by atoms with Crippen LogP contribution in [0.3, 0.4) is 0 Å². The number of benzene rings is 1. The van der Waals surface area contributed by atoms with Crippen LogP contribution >= 0.6 is 0 Å². The van der Waals surface area contributed by atoms with E-state index < -0.39 is 0 Å². The molecular weight excluding hydrogens is 256 g/mol. The van der Waals surface area contributed by atoms with Gasteiger partial charge in [-0.1, -0.05) is 6.07 Å². The largest absolute Gasteiger partial charge is 0.492 e. The van der Waals surface area contributed by atoms with Crippen molar-refractivity contribution in [3.63, 3.8) is 0 Å². The molecule has 0 radical (unpaired) electrons. The first-order valence-electron chi connectivity index (χ1n) is 6.30. The summed E-state index contributed by atoms with van der Waals surface area (Å²) in [7, 11) is 1.58.